The van der Waals surface area contributed by atoms with Gasteiger partial charge in [0, 0.05) is 32.0 Å². The van der Waals surface area contributed by atoms with Gasteiger partial charge < -0.3 is 19.7 Å². The number of carbonyl (C=O) groups is 1. The molecule has 0 unspecified atom stereocenters. The highest BCUT2D eigenvalue weighted by molar-refractivity contribution is 6.07. The molecule has 0 saturated carbocycles. The van der Waals surface area contributed by atoms with E-state index in [0.717, 1.165) is 18.2 Å². The average molecular weight is 481 g/mol. The maximum absolute atomic E-state index is 13.9. The number of nitrogens with zero attached hydrogens (tertiary/aromatic N) is 2. The normalized spacial score (nSPS) is 13.7. The minimum absolute atomic E-state index is 0.000200. The first-order chi connectivity index (χ1) is 16.9. The molecule has 0 spiro atoms. The van der Waals surface area contributed by atoms with Crippen molar-refractivity contribution >= 4 is 17.3 Å². The van der Waals surface area contributed by atoms with Gasteiger partial charge in [0.25, 0.3) is 5.91 Å². The van der Waals surface area contributed by atoms with E-state index in [-0.39, 0.29) is 23.2 Å². The van der Waals surface area contributed by atoms with Gasteiger partial charge in [-0.05, 0) is 48.5 Å². The quantitative estimate of drug-likeness (QED) is 0.518. The van der Waals surface area contributed by atoms with Gasteiger partial charge in [0.05, 0.1) is 35.7 Å². The second kappa shape index (κ2) is 10.4. The minimum Gasteiger partial charge on any atom is -0.496 e. The molecule has 1 heterocycles. The highest BCUT2D eigenvalue weighted by atomic mass is 19.1. The molecular weight excluding hydrogens is 459 g/mol. The van der Waals surface area contributed by atoms with Crippen LogP contribution in [0.2, 0.25) is 0 Å². The number of carbonyl (C=O) groups excluding carboxylic acids is 1. The summed E-state index contributed by atoms with van der Waals surface area (Å²) in [6.45, 7) is 1.07. The third kappa shape index (κ3) is 5.49. The number of nitrogens with one attached hydrogen (secondary N) is 1. The van der Waals surface area contributed by atoms with Crippen molar-refractivity contribution in [2.75, 3.05) is 30.4 Å². The van der Waals surface area contributed by atoms with Crippen LogP contribution in [0.25, 0.3) is 0 Å². The number of hydrogen-bond acceptors (Lipinski definition) is 5. The van der Waals surface area contributed by atoms with Crippen LogP contribution in [0.4, 0.5) is 24.5 Å². The minimum atomic E-state index is -0.753. The van der Waals surface area contributed by atoms with Crippen molar-refractivity contribution < 1.29 is 27.4 Å². The summed E-state index contributed by atoms with van der Waals surface area (Å²) in [5, 5.41) is 12.1. The van der Waals surface area contributed by atoms with Crippen molar-refractivity contribution in [3.63, 3.8) is 0 Å². The van der Waals surface area contributed by atoms with Gasteiger partial charge in [-0.15, -0.1) is 0 Å². The number of hydrogen-bond donors (Lipinski definition) is 1. The summed E-state index contributed by atoms with van der Waals surface area (Å²) in [5.41, 5.74) is 1.44. The van der Waals surface area contributed by atoms with E-state index in [1.165, 1.54) is 25.3 Å². The summed E-state index contributed by atoms with van der Waals surface area (Å²) in [6, 6.07) is 13.8. The van der Waals surface area contributed by atoms with Gasteiger partial charge in [0.1, 0.15) is 23.5 Å². The average Bonchev–Trinajstić information content (AvgIpc) is 2.86. The number of piperidine rings is 1. The smallest absolute Gasteiger partial charge is 0.259 e. The first-order valence-electron chi connectivity index (χ1n) is 10.9. The number of methoxy groups -OCH3 is 1. The highest BCUT2D eigenvalue weighted by Gasteiger charge is 2.24. The molecule has 180 valence electrons. The number of amides is 1. The van der Waals surface area contributed by atoms with Crippen LogP contribution < -0.4 is 19.7 Å². The highest BCUT2D eigenvalue weighted by Crippen LogP contribution is 2.32. The molecule has 3 aromatic carbocycles. The molecule has 3 aromatic rings. The molecule has 9 heteroatoms. The fourth-order valence-electron chi connectivity index (χ4n) is 3.99. The number of benzene rings is 3. The lowest BCUT2D eigenvalue weighted by Crippen LogP contribution is -2.38. The molecular formula is C26H22F3N3O3. The summed E-state index contributed by atoms with van der Waals surface area (Å²) in [7, 11) is 1.38. The fraction of sp³-hybridized carbons (Fsp3) is 0.231. The van der Waals surface area contributed by atoms with Crippen molar-refractivity contribution in [2.24, 2.45) is 0 Å². The zero-order valence-corrected chi connectivity index (χ0v) is 18.9. The topological polar surface area (TPSA) is 74.6 Å². The van der Waals surface area contributed by atoms with E-state index < -0.39 is 23.4 Å². The van der Waals surface area contributed by atoms with E-state index >= 15 is 0 Å². The maximum Gasteiger partial charge on any atom is 0.259 e. The second-order valence-corrected chi connectivity index (χ2v) is 8.02. The zero-order valence-electron chi connectivity index (χ0n) is 18.9. The molecule has 6 nitrogen and oxygen atoms in total. The maximum atomic E-state index is 13.9. The van der Waals surface area contributed by atoms with Gasteiger partial charge in [-0.25, -0.2) is 13.2 Å². The number of anilines is 2. The Morgan fingerprint density at radius 1 is 1.00 bits per heavy atom. The molecule has 35 heavy (non-hydrogen) atoms. The number of nitriles is 1. The zero-order chi connectivity index (χ0) is 24.9. The molecule has 1 N–H and O–H groups in total. The Labute approximate surface area is 200 Å². The summed E-state index contributed by atoms with van der Waals surface area (Å²) in [5.74, 6) is -2.37. The van der Waals surface area contributed by atoms with Gasteiger partial charge in [-0.2, -0.15) is 5.26 Å². The molecule has 0 atom stereocenters. The first-order valence-corrected chi connectivity index (χ1v) is 10.9. The van der Waals surface area contributed by atoms with E-state index in [1.54, 1.807) is 18.2 Å². The standard InChI is InChI=1S/C26H22F3N3O3/c1-34-24-6-3-17(27)13-20(24)26(33)31-22-12-16(15-30)2-5-23(22)32-10-8-19(9-11-32)35-25-7-4-18(28)14-21(25)29/h2-7,12-14,19H,8-11H2,1H3,(H,31,33). The molecule has 1 aliphatic heterocycles. The fourth-order valence-corrected chi connectivity index (χ4v) is 3.99. The molecule has 0 bridgehead atoms. The van der Waals surface area contributed by atoms with Gasteiger partial charge in [-0.3, -0.25) is 4.79 Å². The Morgan fingerprint density at radius 3 is 2.34 bits per heavy atom. The van der Waals surface area contributed by atoms with E-state index in [1.807, 2.05) is 11.0 Å². The number of rotatable bonds is 6. The molecule has 1 saturated heterocycles. The summed E-state index contributed by atoms with van der Waals surface area (Å²) < 4.78 is 51.7. The monoisotopic (exact) mass is 481 g/mol. The lowest BCUT2D eigenvalue weighted by molar-refractivity contribution is 0.102. The van der Waals surface area contributed by atoms with Crippen LogP contribution in [0.5, 0.6) is 11.5 Å². The third-order valence-electron chi connectivity index (χ3n) is 5.75. The van der Waals surface area contributed by atoms with E-state index in [0.29, 0.717) is 42.9 Å². The van der Waals surface area contributed by atoms with Gasteiger partial charge in [0.15, 0.2) is 11.6 Å². The Kier molecular flexibility index (Phi) is 7.11. The predicted molar refractivity (Wildman–Crippen MR) is 124 cm³/mol. The van der Waals surface area contributed by atoms with Crippen LogP contribution in [0.15, 0.2) is 54.6 Å². The van der Waals surface area contributed by atoms with E-state index in [9.17, 15) is 23.2 Å². The Hall–Kier alpha value is -4.19. The van der Waals surface area contributed by atoms with Crippen molar-refractivity contribution in [1.29, 1.82) is 5.26 Å². The SMILES string of the molecule is COc1ccc(F)cc1C(=O)Nc1cc(C#N)ccc1N1CCC(Oc2ccc(F)cc2F)CC1. The summed E-state index contributed by atoms with van der Waals surface area (Å²) in [6.07, 6.45) is 0.850. The van der Waals surface area contributed by atoms with Crippen LogP contribution >= 0.6 is 0 Å². The van der Waals surface area contributed by atoms with Crippen LogP contribution in [0.3, 0.4) is 0 Å². The largest absolute Gasteiger partial charge is 0.496 e. The molecule has 4 rings (SSSR count). The Balaban J connectivity index is 1.50. The number of halogens is 3. The molecule has 0 aromatic heterocycles. The van der Waals surface area contributed by atoms with Crippen molar-refractivity contribution in [2.45, 2.75) is 18.9 Å². The molecule has 0 aliphatic carbocycles. The second-order valence-electron chi connectivity index (χ2n) is 8.02. The third-order valence-corrected chi connectivity index (χ3v) is 5.75. The van der Waals surface area contributed by atoms with Crippen molar-refractivity contribution in [3.8, 4) is 17.6 Å². The van der Waals surface area contributed by atoms with E-state index in [4.69, 9.17) is 9.47 Å². The molecule has 0 radical (unpaired) electrons. The first kappa shape index (κ1) is 24.0. The molecule has 1 aliphatic rings. The Morgan fingerprint density at radius 2 is 1.69 bits per heavy atom. The van der Waals surface area contributed by atoms with Gasteiger partial charge in [0.2, 0.25) is 0 Å². The molecule has 1 amide bonds. The predicted octanol–water partition coefficient (Wildman–Crippen LogP) is 5.28. The van der Waals surface area contributed by atoms with Crippen molar-refractivity contribution in [1.82, 2.24) is 0 Å². The van der Waals surface area contributed by atoms with E-state index in [2.05, 4.69) is 5.32 Å². The summed E-state index contributed by atoms with van der Waals surface area (Å²) in [4.78, 5) is 15.0. The van der Waals surface area contributed by atoms with Crippen molar-refractivity contribution in [3.05, 3.63) is 83.2 Å². The van der Waals surface area contributed by atoms with Crippen LogP contribution in [0, 0.1) is 28.8 Å². The molecule has 1 fully saturated rings. The van der Waals surface area contributed by atoms with Crippen LogP contribution in [-0.4, -0.2) is 32.2 Å². The number of ether oxygens (including phenoxy) is 2. The summed E-state index contributed by atoms with van der Waals surface area (Å²) >= 11 is 0. The lowest BCUT2D eigenvalue weighted by Gasteiger charge is -2.35. The Bertz CT molecular complexity index is 1280. The van der Waals surface area contributed by atoms with Crippen LogP contribution in [0.1, 0.15) is 28.8 Å². The lowest BCUT2D eigenvalue weighted by atomic mass is 10.0. The van der Waals surface area contributed by atoms with Gasteiger partial charge in [-0.1, -0.05) is 0 Å². The van der Waals surface area contributed by atoms with Crippen LogP contribution in [-0.2, 0) is 0 Å². The van der Waals surface area contributed by atoms with Gasteiger partial charge >= 0.3 is 0 Å².